The molecule has 4 rings (SSSR count). The SMILES string of the molecule is CC(=O)O[C@H]1CC[C@]2(C)C(=CC[C@H]3[C@H]4CCC(=O)[C@]4(C)CC[C@H]32)C1. The highest BCUT2D eigenvalue weighted by Gasteiger charge is 2.58. The Morgan fingerprint density at radius 2 is 1.83 bits per heavy atom. The highest BCUT2D eigenvalue weighted by Crippen LogP contribution is 2.64. The highest BCUT2D eigenvalue weighted by molar-refractivity contribution is 5.87. The molecule has 3 nitrogen and oxygen atoms in total. The number of allylic oxidation sites excluding steroid dienone is 1. The molecule has 0 unspecified atom stereocenters. The molecular weight excluding hydrogens is 300 g/mol. The van der Waals surface area contributed by atoms with Gasteiger partial charge in [0.25, 0.3) is 0 Å². The zero-order valence-electron chi connectivity index (χ0n) is 15.3. The van der Waals surface area contributed by atoms with E-state index >= 15 is 0 Å². The van der Waals surface area contributed by atoms with Crippen LogP contribution in [0.2, 0.25) is 0 Å². The van der Waals surface area contributed by atoms with Crippen LogP contribution in [0, 0.1) is 28.6 Å². The molecule has 0 aromatic heterocycles. The maximum atomic E-state index is 12.4. The largest absolute Gasteiger partial charge is 0.462 e. The smallest absolute Gasteiger partial charge is 0.302 e. The van der Waals surface area contributed by atoms with E-state index in [0.717, 1.165) is 44.9 Å². The molecule has 0 heterocycles. The molecule has 0 saturated heterocycles. The molecule has 6 atom stereocenters. The van der Waals surface area contributed by atoms with Gasteiger partial charge in [-0.05, 0) is 61.7 Å². The predicted octanol–water partition coefficient (Wildman–Crippen LogP) is 4.45. The average Bonchev–Trinajstić information content (AvgIpc) is 2.83. The Morgan fingerprint density at radius 3 is 2.58 bits per heavy atom. The van der Waals surface area contributed by atoms with Gasteiger partial charge in [-0.25, -0.2) is 0 Å². The summed E-state index contributed by atoms with van der Waals surface area (Å²) in [7, 11) is 0. The van der Waals surface area contributed by atoms with Gasteiger partial charge in [0, 0.05) is 25.2 Å². The van der Waals surface area contributed by atoms with Gasteiger partial charge in [0.2, 0.25) is 0 Å². The Bertz CT molecular complexity index is 606. The summed E-state index contributed by atoms with van der Waals surface area (Å²) in [5.74, 6) is 2.33. The van der Waals surface area contributed by atoms with Crippen molar-refractivity contribution >= 4 is 11.8 Å². The second-order valence-electron chi connectivity index (χ2n) is 9.15. The predicted molar refractivity (Wildman–Crippen MR) is 92.3 cm³/mol. The van der Waals surface area contributed by atoms with Gasteiger partial charge in [0.1, 0.15) is 11.9 Å². The van der Waals surface area contributed by atoms with E-state index in [1.54, 1.807) is 0 Å². The Morgan fingerprint density at radius 1 is 1.12 bits per heavy atom. The van der Waals surface area contributed by atoms with Crippen LogP contribution in [-0.2, 0) is 14.3 Å². The van der Waals surface area contributed by atoms with Crippen LogP contribution in [0.3, 0.4) is 0 Å². The van der Waals surface area contributed by atoms with Gasteiger partial charge in [-0.1, -0.05) is 25.5 Å². The van der Waals surface area contributed by atoms with Crippen molar-refractivity contribution in [3.8, 4) is 0 Å². The first-order chi connectivity index (χ1) is 11.3. The number of carbonyl (C=O) groups excluding carboxylic acids is 2. The van der Waals surface area contributed by atoms with Crippen LogP contribution in [0.4, 0.5) is 0 Å². The van der Waals surface area contributed by atoms with E-state index in [9.17, 15) is 9.59 Å². The summed E-state index contributed by atoms with van der Waals surface area (Å²) < 4.78 is 5.50. The van der Waals surface area contributed by atoms with Crippen LogP contribution in [0.15, 0.2) is 11.6 Å². The second kappa shape index (κ2) is 5.44. The summed E-state index contributed by atoms with van der Waals surface area (Å²) in [6, 6.07) is 0. The first-order valence-corrected chi connectivity index (χ1v) is 9.74. The van der Waals surface area contributed by atoms with E-state index in [1.807, 2.05) is 0 Å². The first-order valence-electron chi connectivity index (χ1n) is 9.74. The quantitative estimate of drug-likeness (QED) is 0.527. The minimum absolute atomic E-state index is 0.0438. The Labute approximate surface area is 145 Å². The lowest BCUT2D eigenvalue weighted by atomic mass is 9.48. The molecule has 4 aliphatic rings. The number of hydrogen-bond acceptors (Lipinski definition) is 3. The van der Waals surface area contributed by atoms with Crippen molar-refractivity contribution in [2.24, 2.45) is 28.6 Å². The van der Waals surface area contributed by atoms with Gasteiger partial charge in [-0.3, -0.25) is 9.59 Å². The van der Waals surface area contributed by atoms with E-state index in [0.29, 0.717) is 23.5 Å². The maximum absolute atomic E-state index is 12.4. The third-order valence-corrected chi connectivity index (χ3v) is 8.10. The maximum Gasteiger partial charge on any atom is 0.302 e. The Kier molecular flexibility index (Phi) is 3.71. The molecule has 3 fully saturated rings. The van der Waals surface area contributed by atoms with Crippen molar-refractivity contribution in [3.63, 3.8) is 0 Å². The lowest BCUT2D eigenvalue weighted by Crippen LogP contribution is -2.50. The number of ketones is 1. The molecule has 3 saturated carbocycles. The number of carbonyl (C=O) groups is 2. The van der Waals surface area contributed by atoms with Crippen molar-refractivity contribution in [2.75, 3.05) is 0 Å². The topological polar surface area (TPSA) is 43.4 Å². The number of esters is 1. The minimum Gasteiger partial charge on any atom is -0.462 e. The molecule has 0 aromatic carbocycles. The van der Waals surface area contributed by atoms with Crippen molar-refractivity contribution in [1.29, 1.82) is 0 Å². The average molecular weight is 330 g/mol. The fourth-order valence-corrected chi connectivity index (χ4v) is 6.73. The van der Waals surface area contributed by atoms with Gasteiger partial charge in [0.15, 0.2) is 0 Å². The Balaban J connectivity index is 1.60. The summed E-state index contributed by atoms with van der Waals surface area (Å²) in [5.41, 5.74) is 1.74. The highest BCUT2D eigenvalue weighted by atomic mass is 16.5. The van der Waals surface area contributed by atoms with Crippen molar-refractivity contribution in [2.45, 2.75) is 78.2 Å². The third kappa shape index (κ3) is 2.23. The van der Waals surface area contributed by atoms with E-state index in [4.69, 9.17) is 4.74 Å². The summed E-state index contributed by atoms with van der Waals surface area (Å²) in [5, 5.41) is 0. The van der Waals surface area contributed by atoms with Crippen LogP contribution in [0.1, 0.15) is 72.1 Å². The molecule has 0 spiro atoms. The number of rotatable bonds is 1. The van der Waals surface area contributed by atoms with Crippen molar-refractivity contribution in [1.82, 2.24) is 0 Å². The number of fused-ring (bicyclic) bond motifs is 5. The minimum atomic E-state index is -0.157. The molecule has 0 radical (unpaired) electrons. The van der Waals surface area contributed by atoms with Crippen LogP contribution in [0.5, 0.6) is 0 Å². The summed E-state index contributed by atoms with van der Waals surface area (Å²) in [6.45, 7) is 6.19. The van der Waals surface area contributed by atoms with Crippen LogP contribution < -0.4 is 0 Å². The van der Waals surface area contributed by atoms with Crippen molar-refractivity contribution in [3.05, 3.63) is 11.6 Å². The number of ether oxygens (including phenoxy) is 1. The lowest BCUT2D eigenvalue weighted by molar-refractivity contribution is -0.148. The second-order valence-corrected chi connectivity index (χ2v) is 9.15. The molecule has 24 heavy (non-hydrogen) atoms. The molecule has 3 heteroatoms. The molecule has 0 aliphatic heterocycles. The van der Waals surface area contributed by atoms with Crippen LogP contribution in [0.25, 0.3) is 0 Å². The van der Waals surface area contributed by atoms with Crippen LogP contribution >= 0.6 is 0 Å². The van der Waals surface area contributed by atoms with E-state index < -0.39 is 0 Å². The fourth-order valence-electron chi connectivity index (χ4n) is 6.73. The molecule has 0 N–H and O–H groups in total. The van der Waals surface area contributed by atoms with Gasteiger partial charge >= 0.3 is 5.97 Å². The number of hydrogen-bond donors (Lipinski definition) is 0. The van der Waals surface area contributed by atoms with E-state index in [2.05, 4.69) is 19.9 Å². The third-order valence-electron chi connectivity index (χ3n) is 8.10. The van der Waals surface area contributed by atoms with Crippen LogP contribution in [-0.4, -0.2) is 17.9 Å². The molecule has 0 bridgehead atoms. The molecule has 132 valence electrons. The zero-order chi connectivity index (χ0) is 17.1. The summed E-state index contributed by atoms with van der Waals surface area (Å²) in [4.78, 5) is 23.7. The van der Waals surface area contributed by atoms with E-state index in [1.165, 1.54) is 18.9 Å². The normalized spacial score (nSPS) is 47.3. The first kappa shape index (κ1) is 16.4. The summed E-state index contributed by atoms with van der Waals surface area (Å²) >= 11 is 0. The molecule has 4 aliphatic carbocycles. The van der Waals surface area contributed by atoms with Crippen molar-refractivity contribution < 1.29 is 14.3 Å². The molecule has 0 amide bonds. The monoisotopic (exact) mass is 330 g/mol. The van der Waals surface area contributed by atoms with Gasteiger partial charge in [-0.15, -0.1) is 0 Å². The van der Waals surface area contributed by atoms with Gasteiger partial charge in [-0.2, -0.15) is 0 Å². The lowest BCUT2D eigenvalue weighted by Gasteiger charge is -2.56. The standard InChI is InChI=1S/C21H30O3/c1-13(22)24-15-8-10-20(2)14(12-15)4-5-16-17-6-7-19(23)21(17,3)11-9-18(16)20/h4,15-18H,5-12H2,1-3H3/t15-,16-,17+,18+,20+,21+/m0/s1. The van der Waals surface area contributed by atoms with E-state index in [-0.39, 0.29) is 22.9 Å². The zero-order valence-corrected chi connectivity index (χ0v) is 15.3. The van der Waals surface area contributed by atoms with Gasteiger partial charge in [0.05, 0.1) is 0 Å². The molecule has 0 aromatic rings. The Hall–Kier alpha value is -1.12. The molecular formula is C21H30O3. The number of Topliss-reactive ketones (excluding diaryl/α,β-unsaturated/α-hetero) is 1. The van der Waals surface area contributed by atoms with Gasteiger partial charge < -0.3 is 4.74 Å². The fraction of sp³-hybridized carbons (Fsp3) is 0.810. The summed E-state index contributed by atoms with van der Waals surface area (Å²) in [6.07, 6.45) is 10.8.